The average molecular weight is 367 g/mol. The number of urea groups is 1. The Hall–Kier alpha value is -3.02. The van der Waals surface area contributed by atoms with E-state index in [0.717, 1.165) is 16.9 Å². The van der Waals surface area contributed by atoms with Gasteiger partial charge >= 0.3 is 6.03 Å². The van der Waals surface area contributed by atoms with Gasteiger partial charge in [-0.2, -0.15) is 0 Å². The average Bonchev–Trinajstić information content (AvgIpc) is 3.01. The molecule has 2 aromatic rings. The van der Waals surface area contributed by atoms with Crippen LogP contribution >= 0.6 is 0 Å². The summed E-state index contributed by atoms with van der Waals surface area (Å²) in [6.45, 7) is 3.02. The van der Waals surface area contributed by atoms with Crippen LogP contribution in [0.1, 0.15) is 30.5 Å². The number of likely N-dealkylation sites (tertiary alicyclic amines) is 1. The van der Waals surface area contributed by atoms with Crippen LogP contribution in [0.3, 0.4) is 0 Å². The van der Waals surface area contributed by atoms with Gasteiger partial charge in [0.05, 0.1) is 19.2 Å². The topological polar surface area (TPSA) is 70.7 Å². The Morgan fingerprint density at radius 1 is 1.19 bits per heavy atom. The van der Waals surface area contributed by atoms with Crippen molar-refractivity contribution in [2.24, 2.45) is 0 Å². The fourth-order valence-electron chi connectivity index (χ4n) is 3.23. The van der Waals surface area contributed by atoms with Crippen LogP contribution in [0, 0.1) is 0 Å². The highest BCUT2D eigenvalue weighted by molar-refractivity contribution is 5.81. The van der Waals surface area contributed by atoms with Gasteiger partial charge < -0.3 is 20.3 Å². The van der Waals surface area contributed by atoms with Crippen molar-refractivity contribution in [3.63, 3.8) is 0 Å². The highest BCUT2D eigenvalue weighted by Crippen LogP contribution is 2.18. The largest absolute Gasteiger partial charge is 0.497 e. The van der Waals surface area contributed by atoms with Gasteiger partial charge in [-0.05, 0) is 30.2 Å². The van der Waals surface area contributed by atoms with Crippen LogP contribution in [0.25, 0.3) is 0 Å². The summed E-state index contributed by atoms with van der Waals surface area (Å²) < 4.78 is 5.15. The molecule has 0 aromatic heterocycles. The predicted molar refractivity (Wildman–Crippen MR) is 103 cm³/mol. The van der Waals surface area contributed by atoms with E-state index in [0.29, 0.717) is 19.5 Å². The molecule has 27 heavy (non-hydrogen) atoms. The summed E-state index contributed by atoms with van der Waals surface area (Å²) in [6.07, 6.45) is 0.331. The summed E-state index contributed by atoms with van der Waals surface area (Å²) in [5.41, 5.74) is 2.07. The number of methoxy groups -OCH3 is 1. The highest BCUT2D eigenvalue weighted by Gasteiger charge is 2.30. The van der Waals surface area contributed by atoms with Gasteiger partial charge in [0, 0.05) is 19.5 Å². The molecule has 2 aromatic carbocycles. The summed E-state index contributed by atoms with van der Waals surface area (Å²) in [7, 11) is 1.62. The highest BCUT2D eigenvalue weighted by atomic mass is 16.5. The second-order valence-electron chi connectivity index (χ2n) is 6.77. The smallest absolute Gasteiger partial charge is 0.315 e. The fourth-order valence-corrected chi connectivity index (χ4v) is 3.23. The molecule has 1 aliphatic heterocycles. The Morgan fingerprint density at radius 2 is 1.89 bits per heavy atom. The van der Waals surface area contributed by atoms with Gasteiger partial charge in [-0.3, -0.25) is 4.79 Å². The lowest BCUT2D eigenvalue weighted by atomic mass is 10.1. The van der Waals surface area contributed by atoms with Crippen molar-refractivity contribution >= 4 is 11.9 Å². The Kier molecular flexibility index (Phi) is 5.96. The third-order valence-corrected chi connectivity index (χ3v) is 4.73. The van der Waals surface area contributed by atoms with E-state index in [1.807, 2.05) is 61.5 Å². The minimum absolute atomic E-state index is 0.0624. The zero-order chi connectivity index (χ0) is 19.2. The normalized spacial score (nSPS) is 17.5. The summed E-state index contributed by atoms with van der Waals surface area (Å²) in [4.78, 5) is 26.3. The van der Waals surface area contributed by atoms with Crippen LogP contribution in [-0.2, 0) is 11.3 Å². The SMILES string of the molecule is COc1ccc(C(C)NC(=O)NC2CC(=O)N(Cc3ccccc3)C2)cc1. The van der Waals surface area contributed by atoms with Crippen LogP contribution < -0.4 is 15.4 Å². The van der Waals surface area contributed by atoms with Gasteiger partial charge in [0.2, 0.25) is 5.91 Å². The van der Waals surface area contributed by atoms with Crippen molar-refractivity contribution in [2.45, 2.75) is 32.0 Å². The first-order valence-corrected chi connectivity index (χ1v) is 9.08. The minimum atomic E-state index is -0.266. The van der Waals surface area contributed by atoms with E-state index in [2.05, 4.69) is 10.6 Å². The zero-order valence-electron chi connectivity index (χ0n) is 15.6. The van der Waals surface area contributed by atoms with E-state index in [4.69, 9.17) is 4.74 Å². The molecule has 3 amide bonds. The molecule has 1 aliphatic rings. The summed E-state index contributed by atoms with van der Waals surface area (Å²) >= 11 is 0. The maximum absolute atomic E-state index is 12.3. The van der Waals surface area contributed by atoms with E-state index in [9.17, 15) is 9.59 Å². The molecule has 0 aliphatic carbocycles. The molecular formula is C21H25N3O3. The molecule has 1 heterocycles. The van der Waals surface area contributed by atoms with Gasteiger partial charge in [0.1, 0.15) is 5.75 Å². The third kappa shape index (κ3) is 5.00. The van der Waals surface area contributed by atoms with Crippen molar-refractivity contribution in [1.82, 2.24) is 15.5 Å². The molecule has 2 unspecified atom stereocenters. The molecule has 2 atom stereocenters. The van der Waals surface area contributed by atoms with E-state index in [-0.39, 0.29) is 24.0 Å². The maximum Gasteiger partial charge on any atom is 0.315 e. The van der Waals surface area contributed by atoms with Crippen LogP contribution in [0.15, 0.2) is 54.6 Å². The molecule has 0 saturated carbocycles. The Morgan fingerprint density at radius 3 is 2.56 bits per heavy atom. The summed E-state index contributed by atoms with van der Waals surface area (Å²) in [5, 5.41) is 5.83. The zero-order valence-corrected chi connectivity index (χ0v) is 15.6. The Labute approximate surface area is 159 Å². The van der Waals surface area contributed by atoms with Gasteiger partial charge in [-0.15, -0.1) is 0 Å². The standard InChI is InChI=1S/C21H25N3O3/c1-15(17-8-10-19(27-2)11-9-17)22-21(26)23-18-12-20(25)24(14-18)13-16-6-4-3-5-7-16/h3-11,15,18H,12-14H2,1-2H3,(H2,22,23,26). The molecule has 1 fully saturated rings. The molecule has 0 bridgehead atoms. The number of hydrogen-bond acceptors (Lipinski definition) is 3. The van der Waals surface area contributed by atoms with Gasteiger partial charge in [0.25, 0.3) is 0 Å². The van der Waals surface area contributed by atoms with E-state index < -0.39 is 0 Å². The fraction of sp³-hybridized carbons (Fsp3) is 0.333. The number of ether oxygens (including phenoxy) is 1. The lowest BCUT2D eigenvalue weighted by Crippen LogP contribution is -2.44. The minimum Gasteiger partial charge on any atom is -0.497 e. The number of benzene rings is 2. The van der Waals surface area contributed by atoms with Crippen LogP contribution in [0.5, 0.6) is 5.75 Å². The monoisotopic (exact) mass is 367 g/mol. The molecular weight excluding hydrogens is 342 g/mol. The van der Waals surface area contributed by atoms with Gasteiger partial charge in [-0.1, -0.05) is 42.5 Å². The molecule has 6 heteroatoms. The summed E-state index contributed by atoms with van der Waals surface area (Å²) in [6, 6.07) is 16.8. The second-order valence-corrected chi connectivity index (χ2v) is 6.77. The molecule has 3 rings (SSSR count). The van der Waals surface area contributed by atoms with E-state index in [1.165, 1.54) is 0 Å². The Bertz CT molecular complexity index is 777. The molecule has 6 nitrogen and oxygen atoms in total. The van der Waals surface area contributed by atoms with Gasteiger partial charge in [-0.25, -0.2) is 4.79 Å². The first-order chi connectivity index (χ1) is 13.0. The number of nitrogens with zero attached hydrogens (tertiary/aromatic N) is 1. The number of amides is 3. The first kappa shape index (κ1) is 18.8. The maximum atomic E-state index is 12.3. The number of carbonyl (C=O) groups excluding carboxylic acids is 2. The number of carbonyl (C=O) groups is 2. The molecule has 2 N–H and O–H groups in total. The Balaban J connectivity index is 1.49. The molecule has 1 saturated heterocycles. The number of hydrogen-bond donors (Lipinski definition) is 2. The number of nitrogens with one attached hydrogen (secondary N) is 2. The van der Waals surface area contributed by atoms with Crippen molar-refractivity contribution in [3.8, 4) is 5.75 Å². The molecule has 0 radical (unpaired) electrons. The molecule has 142 valence electrons. The third-order valence-electron chi connectivity index (χ3n) is 4.73. The van der Waals surface area contributed by atoms with Gasteiger partial charge in [0.15, 0.2) is 0 Å². The van der Waals surface area contributed by atoms with Crippen molar-refractivity contribution < 1.29 is 14.3 Å². The molecule has 0 spiro atoms. The summed E-state index contributed by atoms with van der Waals surface area (Å²) in [5.74, 6) is 0.839. The quantitative estimate of drug-likeness (QED) is 0.825. The second kappa shape index (κ2) is 8.58. The predicted octanol–water partition coefficient (Wildman–Crippen LogP) is 2.86. The van der Waals surface area contributed by atoms with Crippen LogP contribution in [0.4, 0.5) is 4.79 Å². The van der Waals surface area contributed by atoms with E-state index >= 15 is 0 Å². The lowest BCUT2D eigenvalue weighted by Gasteiger charge is -2.19. The number of rotatable bonds is 6. The van der Waals surface area contributed by atoms with E-state index in [1.54, 1.807) is 12.0 Å². The van der Waals surface area contributed by atoms with Crippen molar-refractivity contribution in [2.75, 3.05) is 13.7 Å². The van der Waals surface area contributed by atoms with Crippen molar-refractivity contribution in [3.05, 3.63) is 65.7 Å². The van der Waals surface area contributed by atoms with Crippen LogP contribution in [0.2, 0.25) is 0 Å². The van der Waals surface area contributed by atoms with Crippen molar-refractivity contribution in [1.29, 1.82) is 0 Å². The first-order valence-electron chi connectivity index (χ1n) is 9.08. The van der Waals surface area contributed by atoms with Crippen LogP contribution in [-0.4, -0.2) is 36.5 Å². The lowest BCUT2D eigenvalue weighted by molar-refractivity contribution is -0.128.